The highest BCUT2D eigenvalue weighted by atomic mass is 32.2. The predicted molar refractivity (Wildman–Crippen MR) is 142 cm³/mol. The Morgan fingerprint density at radius 3 is 2.58 bits per heavy atom. The van der Waals surface area contributed by atoms with Gasteiger partial charge in [0.1, 0.15) is 5.82 Å². The zero-order valence-corrected chi connectivity index (χ0v) is 22.2. The molecule has 1 aliphatic carbocycles. The van der Waals surface area contributed by atoms with Crippen molar-refractivity contribution in [2.24, 2.45) is 13.0 Å². The van der Waals surface area contributed by atoms with E-state index in [-0.39, 0.29) is 29.5 Å². The lowest BCUT2D eigenvalue weighted by atomic mass is 9.81. The van der Waals surface area contributed by atoms with Crippen LogP contribution in [0.15, 0.2) is 47.6 Å². The summed E-state index contributed by atoms with van der Waals surface area (Å²) in [7, 11) is -2.25. The molecule has 3 N–H and O–H groups in total. The number of nitrogens with zero attached hydrogens (tertiary/aromatic N) is 5. The number of anilines is 2. The van der Waals surface area contributed by atoms with Gasteiger partial charge in [0.15, 0.2) is 0 Å². The molecule has 12 heteroatoms. The molecule has 0 radical (unpaired) electrons. The van der Waals surface area contributed by atoms with E-state index < -0.39 is 10.0 Å². The summed E-state index contributed by atoms with van der Waals surface area (Å²) in [5, 5.41) is 29.0. The Balaban J connectivity index is 1.47. The van der Waals surface area contributed by atoms with E-state index in [0.29, 0.717) is 35.9 Å². The van der Waals surface area contributed by atoms with Crippen molar-refractivity contribution in [3.05, 3.63) is 65.1 Å². The van der Waals surface area contributed by atoms with E-state index in [9.17, 15) is 17.9 Å². The van der Waals surface area contributed by atoms with E-state index in [1.807, 2.05) is 19.1 Å². The van der Waals surface area contributed by atoms with Crippen LogP contribution >= 0.6 is 0 Å². The van der Waals surface area contributed by atoms with Crippen molar-refractivity contribution in [1.29, 1.82) is 5.41 Å². The van der Waals surface area contributed by atoms with Gasteiger partial charge in [-0.15, -0.1) is 5.10 Å². The monoisotopic (exact) mass is 541 g/mol. The Labute approximate surface area is 221 Å². The number of benzene rings is 2. The summed E-state index contributed by atoms with van der Waals surface area (Å²) in [6.45, 7) is 3.82. The minimum atomic E-state index is -3.83. The number of halogens is 1. The summed E-state index contributed by atoms with van der Waals surface area (Å²) in [5.41, 5.74) is 3.93. The first-order valence-corrected chi connectivity index (χ1v) is 14.0. The normalized spacial score (nSPS) is 22.7. The molecule has 3 aromatic rings. The van der Waals surface area contributed by atoms with Crippen LogP contribution in [0.25, 0.3) is 0 Å². The van der Waals surface area contributed by atoms with Crippen molar-refractivity contribution < 1.29 is 17.9 Å². The summed E-state index contributed by atoms with van der Waals surface area (Å²) < 4.78 is 41.6. The van der Waals surface area contributed by atoms with Gasteiger partial charge in [-0.25, -0.2) is 12.8 Å². The molecule has 38 heavy (non-hydrogen) atoms. The highest BCUT2D eigenvalue weighted by Gasteiger charge is 2.39. The highest BCUT2D eigenvalue weighted by Crippen LogP contribution is 2.36. The molecule has 0 bridgehead atoms. The number of rotatable bonds is 8. The Morgan fingerprint density at radius 2 is 1.95 bits per heavy atom. The molecule has 0 unspecified atom stereocenters. The van der Waals surface area contributed by atoms with Crippen molar-refractivity contribution >= 4 is 27.6 Å². The fraction of sp³-hybridized carbons (Fsp3) is 0.423. The summed E-state index contributed by atoms with van der Waals surface area (Å²) in [6.07, 6.45) is 3.76. The van der Waals surface area contributed by atoms with Gasteiger partial charge in [0, 0.05) is 62.4 Å². The number of piperazine rings is 1. The van der Waals surface area contributed by atoms with Crippen LogP contribution in [0.1, 0.15) is 35.6 Å². The number of aromatic nitrogens is 3. The van der Waals surface area contributed by atoms with Gasteiger partial charge in [0.25, 0.3) is 10.0 Å². The summed E-state index contributed by atoms with van der Waals surface area (Å²) in [4.78, 5) is 3.53. The van der Waals surface area contributed by atoms with Crippen LogP contribution in [0.4, 0.5) is 15.8 Å². The van der Waals surface area contributed by atoms with Crippen molar-refractivity contribution in [3.63, 3.8) is 0 Å². The van der Waals surface area contributed by atoms with Gasteiger partial charge in [0.2, 0.25) is 5.03 Å². The second-order valence-corrected chi connectivity index (χ2v) is 12.0. The van der Waals surface area contributed by atoms with Gasteiger partial charge in [0.05, 0.1) is 12.3 Å². The fourth-order valence-corrected chi connectivity index (χ4v) is 6.63. The van der Waals surface area contributed by atoms with E-state index >= 15 is 0 Å². The predicted octanol–water partition coefficient (Wildman–Crippen LogP) is 2.82. The Kier molecular flexibility index (Phi) is 7.32. The van der Waals surface area contributed by atoms with Crippen LogP contribution in [0.5, 0.6) is 0 Å². The molecule has 1 saturated carbocycles. The summed E-state index contributed by atoms with van der Waals surface area (Å²) in [5.74, 6) is 0.0318. The molecule has 2 aromatic carbocycles. The average Bonchev–Trinajstić information content (AvgIpc) is 3.32. The van der Waals surface area contributed by atoms with Crippen LogP contribution in [-0.2, 0) is 17.1 Å². The standard InChI is InChI=1S/C26H32FN7O3S/c1-17-9-24(30-21-5-3-20(27)4-6-21)19(13-28)12-23(17)25-16-34(38(36,37)26-14-29-32(2)31-26)8-7-33(25)15-18-10-22(35)11-18/h3-6,9,12-14,18,22,25,28,30,35H,7-8,10-11,15-16H2,1-2H3/t18?,22?,25-/m0/s1. The second-order valence-electron chi connectivity index (χ2n) is 10.1. The van der Waals surface area contributed by atoms with E-state index in [2.05, 4.69) is 20.4 Å². The molecule has 2 heterocycles. The van der Waals surface area contributed by atoms with Gasteiger partial charge >= 0.3 is 0 Å². The third kappa shape index (κ3) is 5.35. The molecule has 0 amide bonds. The first-order chi connectivity index (χ1) is 18.1. The molecule has 1 saturated heterocycles. The van der Waals surface area contributed by atoms with Gasteiger partial charge in [-0.2, -0.15) is 14.2 Å². The smallest absolute Gasteiger partial charge is 0.264 e. The third-order valence-corrected chi connectivity index (χ3v) is 9.14. The van der Waals surface area contributed by atoms with Crippen molar-refractivity contribution in [3.8, 4) is 0 Å². The maximum absolute atomic E-state index is 13.4. The van der Waals surface area contributed by atoms with Crippen LogP contribution < -0.4 is 5.32 Å². The van der Waals surface area contributed by atoms with Gasteiger partial charge in [-0.1, -0.05) is 0 Å². The Bertz CT molecular complexity index is 1420. The first kappa shape index (κ1) is 26.4. The molecule has 1 aromatic heterocycles. The molecule has 202 valence electrons. The van der Waals surface area contributed by atoms with Crippen molar-refractivity contribution in [1.82, 2.24) is 24.2 Å². The molecule has 0 spiro atoms. The number of hydrogen-bond donors (Lipinski definition) is 3. The number of aryl methyl sites for hydroxylation is 2. The lowest BCUT2D eigenvalue weighted by Crippen LogP contribution is -2.52. The molecular weight excluding hydrogens is 509 g/mol. The zero-order chi connectivity index (χ0) is 27.0. The number of aliphatic hydroxyl groups excluding tert-OH is 1. The SMILES string of the molecule is Cc1cc(Nc2ccc(F)cc2)c(C=N)cc1[C@@H]1CN(S(=O)(=O)c2cnn(C)n2)CCN1CC1CC(O)C1. The molecule has 10 nitrogen and oxygen atoms in total. The Hall–Kier alpha value is -3.19. The van der Waals surface area contributed by atoms with E-state index in [4.69, 9.17) is 5.41 Å². The van der Waals surface area contributed by atoms with Gasteiger partial charge in [-0.05, 0) is 73.2 Å². The topological polar surface area (TPSA) is 127 Å². The molecular formula is C26H32FN7O3S. The zero-order valence-electron chi connectivity index (χ0n) is 21.4. The van der Waals surface area contributed by atoms with Crippen LogP contribution in [0.2, 0.25) is 0 Å². The van der Waals surface area contributed by atoms with E-state index in [1.54, 1.807) is 19.2 Å². The van der Waals surface area contributed by atoms with Crippen LogP contribution in [0, 0.1) is 24.1 Å². The molecule has 2 aliphatic rings. The van der Waals surface area contributed by atoms with Gasteiger partial charge < -0.3 is 15.8 Å². The number of sulfonamides is 1. The Morgan fingerprint density at radius 1 is 1.21 bits per heavy atom. The summed E-state index contributed by atoms with van der Waals surface area (Å²) >= 11 is 0. The number of nitrogens with one attached hydrogen (secondary N) is 2. The average molecular weight is 542 g/mol. The second kappa shape index (κ2) is 10.5. The molecule has 1 atom stereocenters. The highest BCUT2D eigenvalue weighted by molar-refractivity contribution is 7.89. The number of aliphatic hydroxyl groups is 1. The first-order valence-electron chi connectivity index (χ1n) is 12.6. The van der Waals surface area contributed by atoms with Gasteiger partial charge in [-0.3, -0.25) is 4.90 Å². The number of hydrogen-bond acceptors (Lipinski definition) is 8. The summed E-state index contributed by atoms with van der Waals surface area (Å²) in [6, 6.07) is 9.65. The lowest BCUT2D eigenvalue weighted by molar-refractivity contribution is 0.00591. The van der Waals surface area contributed by atoms with Crippen LogP contribution in [0.3, 0.4) is 0 Å². The molecule has 1 aliphatic heterocycles. The fourth-order valence-electron chi connectivity index (χ4n) is 5.30. The third-order valence-electron chi connectivity index (χ3n) is 7.42. The minimum absolute atomic E-state index is 0.0786. The lowest BCUT2D eigenvalue weighted by Gasteiger charge is -2.45. The van der Waals surface area contributed by atoms with E-state index in [1.165, 1.54) is 33.6 Å². The molecule has 2 fully saturated rings. The van der Waals surface area contributed by atoms with Crippen molar-refractivity contribution in [2.45, 2.75) is 36.9 Å². The van der Waals surface area contributed by atoms with Crippen LogP contribution in [-0.4, -0.2) is 76.2 Å². The maximum Gasteiger partial charge on any atom is 0.264 e. The largest absolute Gasteiger partial charge is 0.393 e. The van der Waals surface area contributed by atoms with Crippen molar-refractivity contribution in [2.75, 3.05) is 31.5 Å². The quantitative estimate of drug-likeness (QED) is 0.374. The van der Waals surface area contributed by atoms with E-state index in [0.717, 1.165) is 30.5 Å². The maximum atomic E-state index is 13.4. The molecule has 5 rings (SSSR count). The minimum Gasteiger partial charge on any atom is -0.393 e.